The van der Waals surface area contributed by atoms with Crippen molar-refractivity contribution in [3.8, 4) is 11.1 Å². The minimum absolute atomic E-state index is 0.00669. The van der Waals surface area contributed by atoms with Crippen LogP contribution in [0.1, 0.15) is 39.2 Å². The third kappa shape index (κ3) is 6.53. The van der Waals surface area contributed by atoms with E-state index in [1.54, 1.807) is 7.11 Å². The number of nitrogens with one attached hydrogen (secondary N) is 1. The fraction of sp³-hybridized carbons (Fsp3) is 0.548. The molecule has 4 heterocycles. The number of benzene rings is 1. The Bertz CT molecular complexity index is 1330. The van der Waals surface area contributed by atoms with Gasteiger partial charge in [0, 0.05) is 76.4 Å². The molecule has 1 N–H and O–H groups in total. The molecule has 11 heteroatoms. The summed E-state index contributed by atoms with van der Waals surface area (Å²) in [7, 11) is 1.75. The molecule has 2 aromatic heterocycles. The van der Waals surface area contributed by atoms with Gasteiger partial charge in [-0.25, -0.2) is 9.31 Å². The molecule has 1 atom stereocenters. The van der Waals surface area contributed by atoms with Crippen molar-refractivity contribution in [2.24, 2.45) is 0 Å². The van der Waals surface area contributed by atoms with Crippen molar-refractivity contribution >= 4 is 17.2 Å². The maximum Gasteiger partial charge on any atom is 0.345 e. The summed E-state index contributed by atoms with van der Waals surface area (Å²) in [5.41, 5.74) is 5.01. The van der Waals surface area contributed by atoms with Gasteiger partial charge in [0.25, 0.3) is 0 Å². The zero-order valence-electron chi connectivity index (χ0n) is 24.9. The van der Waals surface area contributed by atoms with Crippen LogP contribution >= 0.6 is 0 Å². The molecule has 228 valence electrons. The number of alkyl halides is 2. The molecule has 2 amide bonds. The van der Waals surface area contributed by atoms with Crippen molar-refractivity contribution in [3.05, 3.63) is 54.4 Å². The fourth-order valence-electron chi connectivity index (χ4n) is 6.13. The zero-order valence-corrected chi connectivity index (χ0v) is 24.9. The monoisotopic (exact) mass is 584 g/mol. The molecule has 2 saturated heterocycles. The minimum Gasteiger partial charge on any atom is -0.373 e. The third-order valence-corrected chi connectivity index (χ3v) is 8.63. The van der Waals surface area contributed by atoms with Gasteiger partial charge in [0.1, 0.15) is 0 Å². The average molecular weight is 585 g/mol. The van der Waals surface area contributed by atoms with Crippen molar-refractivity contribution in [2.45, 2.75) is 57.9 Å². The average Bonchev–Trinajstić information content (AvgIpc) is 3.44. The molecule has 0 spiro atoms. The Morgan fingerprint density at radius 3 is 2.31 bits per heavy atom. The molecule has 0 aliphatic carbocycles. The van der Waals surface area contributed by atoms with Crippen molar-refractivity contribution < 1.29 is 23.0 Å². The summed E-state index contributed by atoms with van der Waals surface area (Å²) in [5.74, 6) is 0. The van der Waals surface area contributed by atoms with Crippen LogP contribution in [0.2, 0.25) is 0 Å². The van der Waals surface area contributed by atoms with Crippen molar-refractivity contribution in [1.82, 2.24) is 24.7 Å². The first-order chi connectivity index (χ1) is 20.2. The molecule has 9 nitrogen and oxygen atoms in total. The SMILES string of the molecule is COC1(c2ccc(-c3cc4c(N5CCN(C(=O)NC(C)C)CC5)ccnn4c3)cc2)CCN([C@H](C)COC(F)F)CC1. The van der Waals surface area contributed by atoms with Crippen LogP contribution in [0.15, 0.2) is 48.8 Å². The fourth-order valence-corrected chi connectivity index (χ4v) is 6.13. The van der Waals surface area contributed by atoms with E-state index >= 15 is 0 Å². The largest absolute Gasteiger partial charge is 0.373 e. The number of anilines is 1. The third-order valence-electron chi connectivity index (χ3n) is 8.63. The second kappa shape index (κ2) is 12.9. The summed E-state index contributed by atoms with van der Waals surface area (Å²) >= 11 is 0. The van der Waals surface area contributed by atoms with E-state index in [9.17, 15) is 13.6 Å². The normalized spacial score (nSPS) is 18.7. The highest BCUT2D eigenvalue weighted by Crippen LogP contribution is 2.38. The highest BCUT2D eigenvalue weighted by molar-refractivity contribution is 5.80. The number of ether oxygens (including phenoxy) is 2. The van der Waals surface area contributed by atoms with E-state index < -0.39 is 12.2 Å². The van der Waals surface area contributed by atoms with Gasteiger partial charge in [-0.3, -0.25) is 4.90 Å². The predicted molar refractivity (Wildman–Crippen MR) is 159 cm³/mol. The topological polar surface area (TPSA) is 74.6 Å². The number of hydrogen-bond donors (Lipinski definition) is 1. The Balaban J connectivity index is 1.27. The van der Waals surface area contributed by atoms with E-state index in [1.165, 1.54) is 0 Å². The summed E-state index contributed by atoms with van der Waals surface area (Å²) < 4.78 is 37.5. The second-order valence-corrected chi connectivity index (χ2v) is 11.6. The van der Waals surface area contributed by atoms with Gasteiger partial charge in [0.2, 0.25) is 0 Å². The molecule has 0 unspecified atom stereocenters. The molecular formula is C31H42F2N6O3. The van der Waals surface area contributed by atoms with Gasteiger partial charge in [-0.1, -0.05) is 24.3 Å². The number of aromatic nitrogens is 2. The number of halogens is 2. The highest BCUT2D eigenvalue weighted by atomic mass is 19.3. The smallest absolute Gasteiger partial charge is 0.345 e. The Hall–Kier alpha value is -3.28. The van der Waals surface area contributed by atoms with Crippen LogP contribution in [0.3, 0.4) is 0 Å². The maximum atomic E-state index is 12.5. The van der Waals surface area contributed by atoms with E-state index in [0.717, 1.165) is 66.9 Å². The van der Waals surface area contributed by atoms with Crippen LogP contribution in [0.5, 0.6) is 0 Å². The Morgan fingerprint density at radius 1 is 1.00 bits per heavy atom. The lowest BCUT2D eigenvalue weighted by atomic mass is 9.83. The summed E-state index contributed by atoms with van der Waals surface area (Å²) in [6.45, 7) is 7.50. The molecule has 2 aliphatic heterocycles. The number of urea groups is 1. The van der Waals surface area contributed by atoms with Gasteiger partial charge >= 0.3 is 12.6 Å². The Kier molecular flexibility index (Phi) is 9.29. The van der Waals surface area contributed by atoms with Crippen molar-refractivity contribution in [1.29, 1.82) is 0 Å². The van der Waals surface area contributed by atoms with Gasteiger partial charge < -0.3 is 24.6 Å². The van der Waals surface area contributed by atoms with Crippen LogP contribution < -0.4 is 10.2 Å². The second-order valence-electron chi connectivity index (χ2n) is 11.6. The first kappa shape index (κ1) is 30.2. The summed E-state index contributed by atoms with van der Waals surface area (Å²) in [4.78, 5) is 18.8. The lowest BCUT2D eigenvalue weighted by molar-refractivity contribution is -0.145. The zero-order chi connectivity index (χ0) is 29.9. The first-order valence-corrected chi connectivity index (χ1v) is 14.8. The molecule has 0 saturated carbocycles. The van der Waals surface area contributed by atoms with E-state index in [2.05, 4.69) is 55.3 Å². The number of piperidine rings is 1. The number of carbonyl (C=O) groups excluding carboxylic acids is 1. The number of hydrogen-bond acceptors (Lipinski definition) is 6. The number of amides is 2. The molecule has 42 heavy (non-hydrogen) atoms. The van der Waals surface area contributed by atoms with E-state index in [1.807, 2.05) is 48.6 Å². The van der Waals surface area contributed by atoms with E-state index in [0.29, 0.717) is 13.1 Å². The van der Waals surface area contributed by atoms with Gasteiger partial charge in [0.05, 0.1) is 23.4 Å². The number of fused-ring (bicyclic) bond motifs is 1. The van der Waals surface area contributed by atoms with Gasteiger partial charge in [-0.05, 0) is 56.9 Å². The maximum absolute atomic E-state index is 12.5. The quantitative estimate of drug-likeness (QED) is 0.389. The lowest BCUT2D eigenvalue weighted by Crippen LogP contribution is -2.53. The number of piperazine rings is 1. The van der Waals surface area contributed by atoms with Crippen molar-refractivity contribution in [3.63, 3.8) is 0 Å². The van der Waals surface area contributed by atoms with Gasteiger partial charge in [-0.15, -0.1) is 0 Å². The predicted octanol–water partition coefficient (Wildman–Crippen LogP) is 4.81. The summed E-state index contributed by atoms with van der Waals surface area (Å²) in [6, 6.07) is 12.8. The Labute approximate surface area is 246 Å². The van der Waals surface area contributed by atoms with Crippen molar-refractivity contribution in [2.75, 3.05) is 57.9 Å². The summed E-state index contributed by atoms with van der Waals surface area (Å²) in [5, 5.41) is 7.54. The number of rotatable bonds is 9. The molecular weight excluding hydrogens is 542 g/mol. The number of nitrogens with zero attached hydrogens (tertiary/aromatic N) is 5. The molecule has 2 aliphatic rings. The number of carbonyl (C=O) groups is 1. The minimum atomic E-state index is -2.74. The molecule has 0 bridgehead atoms. The van der Waals surface area contributed by atoms with Crippen LogP contribution in [0.4, 0.5) is 19.3 Å². The highest BCUT2D eigenvalue weighted by Gasteiger charge is 2.37. The van der Waals surface area contributed by atoms with Gasteiger partial charge in [0.15, 0.2) is 0 Å². The van der Waals surface area contributed by atoms with Crippen LogP contribution in [0, 0.1) is 0 Å². The van der Waals surface area contributed by atoms with E-state index in [4.69, 9.17) is 4.74 Å². The number of likely N-dealkylation sites (tertiary alicyclic amines) is 1. The molecule has 0 radical (unpaired) electrons. The van der Waals surface area contributed by atoms with Crippen LogP contribution in [-0.2, 0) is 15.1 Å². The van der Waals surface area contributed by atoms with Crippen LogP contribution in [-0.4, -0.2) is 97.1 Å². The molecule has 5 rings (SSSR count). The number of methoxy groups -OCH3 is 1. The Morgan fingerprint density at radius 2 is 1.69 bits per heavy atom. The lowest BCUT2D eigenvalue weighted by Gasteiger charge is -2.43. The standard InChI is InChI=1S/C31H42F2N6O3/c1-22(2)35-30(40)38-17-15-37(16-18-38)27-9-12-34-39-20-25(19-28(27)39)24-5-7-26(8-6-24)31(41-4)10-13-36(14-11-31)23(3)21-42-29(32)33/h5-9,12,19-20,22-23,29H,10-11,13-18,21H2,1-4H3,(H,35,40)/t23-/m1/s1. The van der Waals surface area contributed by atoms with Crippen LogP contribution in [0.25, 0.3) is 16.6 Å². The molecule has 1 aromatic carbocycles. The summed E-state index contributed by atoms with van der Waals surface area (Å²) in [6.07, 6.45) is 5.42. The van der Waals surface area contributed by atoms with E-state index in [-0.39, 0.29) is 24.7 Å². The van der Waals surface area contributed by atoms with Gasteiger partial charge in [-0.2, -0.15) is 13.9 Å². The first-order valence-electron chi connectivity index (χ1n) is 14.8. The molecule has 2 fully saturated rings. The molecule has 3 aromatic rings.